The third-order valence-electron chi connectivity index (χ3n) is 3.95. The van der Waals surface area contributed by atoms with Crippen LogP contribution in [0.3, 0.4) is 0 Å². The Kier molecular flexibility index (Phi) is 4.67. The molecule has 2 N–H and O–H groups in total. The van der Waals surface area contributed by atoms with Crippen LogP contribution in [-0.2, 0) is 10.0 Å². The van der Waals surface area contributed by atoms with Crippen LogP contribution in [0.5, 0.6) is 5.75 Å². The van der Waals surface area contributed by atoms with Crippen molar-refractivity contribution in [1.29, 1.82) is 0 Å². The number of ether oxygens (including phenoxy) is 1. The Morgan fingerprint density at radius 2 is 2.20 bits per heavy atom. The van der Waals surface area contributed by atoms with Crippen LogP contribution in [-0.4, -0.2) is 39.0 Å². The SMILES string of the molecule is COc1cccc(S(=O)(=O)N2CCCC(C)C2CN)c1. The van der Waals surface area contributed by atoms with E-state index < -0.39 is 10.0 Å². The first-order valence-electron chi connectivity index (χ1n) is 6.86. The highest BCUT2D eigenvalue weighted by Crippen LogP contribution is 2.29. The fourth-order valence-electron chi connectivity index (χ4n) is 2.76. The van der Waals surface area contributed by atoms with E-state index in [9.17, 15) is 8.42 Å². The molecule has 0 saturated carbocycles. The first-order valence-corrected chi connectivity index (χ1v) is 8.30. The minimum Gasteiger partial charge on any atom is -0.497 e. The zero-order valence-electron chi connectivity index (χ0n) is 12.0. The van der Waals surface area contributed by atoms with Crippen LogP contribution >= 0.6 is 0 Å². The summed E-state index contributed by atoms with van der Waals surface area (Å²) in [6.07, 6.45) is 1.90. The highest BCUT2D eigenvalue weighted by Gasteiger charge is 2.36. The summed E-state index contributed by atoms with van der Waals surface area (Å²) in [5, 5.41) is 0. The zero-order chi connectivity index (χ0) is 14.8. The van der Waals surface area contributed by atoms with Gasteiger partial charge in [0.15, 0.2) is 0 Å². The van der Waals surface area contributed by atoms with Crippen molar-refractivity contribution >= 4 is 10.0 Å². The molecule has 112 valence electrons. The molecule has 1 aromatic rings. The number of rotatable bonds is 4. The highest BCUT2D eigenvalue weighted by molar-refractivity contribution is 7.89. The monoisotopic (exact) mass is 298 g/mol. The Bertz CT molecular complexity index is 559. The molecule has 0 radical (unpaired) electrons. The van der Waals surface area contributed by atoms with Crippen LogP contribution in [0.1, 0.15) is 19.8 Å². The number of nitrogens with zero attached hydrogens (tertiary/aromatic N) is 1. The second-order valence-electron chi connectivity index (χ2n) is 5.22. The van der Waals surface area contributed by atoms with Gasteiger partial charge in [0.1, 0.15) is 5.75 Å². The van der Waals surface area contributed by atoms with Gasteiger partial charge in [-0.05, 0) is 30.9 Å². The summed E-state index contributed by atoms with van der Waals surface area (Å²) in [6.45, 7) is 2.95. The van der Waals surface area contributed by atoms with Crippen LogP contribution in [0.25, 0.3) is 0 Å². The fourth-order valence-corrected chi connectivity index (χ4v) is 4.56. The number of sulfonamides is 1. The molecule has 1 aliphatic rings. The molecule has 0 aromatic heterocycles. The van der Waals surface area contributed by atoms with Crippen molar-refractivity contribution in [3.8, 4) is 5.75 Å². The zero-order valence-corrected chi connectivity index (χ0v) is 12.8. The van der Waals surface area contributed by atoms with E-state index in [-0.39, 0.29) is 16.9 Å². The number of piperidine rings is 1. The number of benzene rings is 1. The fraction of sp³-hybridized carbons (Fsp3) is 0.571. The summed E-state index contributed by atoms with van der Waals surface area (Å²) in [4.78, 5) is 0.268. The summed E-state index contributed by atoms with van der Waals surface area (Å²) >= 11 is 0. The van der Waals surface area contributed by atoms with Crippen LogP contribution in [0.15, 0.2) is 29.2 Å². The molecule has 2 unspecified atom stereocenters. The normalized spacial score (nSPS) is 24.6. The van der Waals surface area contributed by atoms with Crippen LogP contribution in [0, 0.1) is 5.92 Å². The van der Waals surface area contributed by atoms with E-state index in [1.165, 1.54) is 7.11 Å². The molecule has 0 amide bonds. The first-order chi connectivity index (χ1) is 9.50. The van der Waals surface area contributed by atoms with Gasteiger partial charge >= 0.3 is 0 Å². The Labute approximate surface area is 120 Å². The minimum atomic E-state index is -3.52. The smallest absolute Gasteiger partial charge is 0.243 e. The standard InChI is InChI=1S/C14H22N2O3S/c1-11-5-4-8-16(14(11)10-15)20(17,18)13-7-3-6-12(9-13)19-2/h3,6-7,9,11,14H,4-5,8,10,15H2,1-2H3. The molecule has 0 aliphatic carbocycles. The molecule has 1 fully saturated rings. The van der Waals surface area contributed by atoms with Gasteiger partial charge in [0, 0.05) is 25.2 Å². The Morgan fingerprint density at radius 3 is 2.85 bits per heavy atom. The molecule has 2 rings (SSSR count). The summed E-state index contributed by atoms with van der Waals surface area (Å²) in [7, 11) is -1.99. The first kappa shape index (κ1) is 15.3. The van der Waals surface area contributed by atoms with Gasteiger partial charge in [-0.3, -0.25) is 0 Å². The van der Waals surface area contributed by atoms with Crippen LogP contribution in [0.4, 0.5) is 0 Å². The van der Waals surface area contributed by atoms with Gasteiger partial charge in [0.2, 0.25) is 10.0 Å². The summed E-state index contributed by atoms with van der Waals surface area (Å²) in [5.74, 6) is 0.828. The molecule has 20 heavy (non-hydrogen) atoms. The Morgan fingerprint density at radius 1 is 1.45 bits per heavy atom. The number of hydrogen-bond acceptors (Lipinski definition) is 4. The highest BCUT2D eigenvalue weighted by atomic mass is 32.2. The van der Waals surface area contributed by atoms with E-state index >= 15 is 0 Å². The maximum absolute atomic E-state index is 12.8. The summed E-state index contributed by atoms with van der Waals surface area (Å²) in [5.41, 5.74) is 5.78. The maximum Gasteiger partial charge on any atom is 0.243 e. The van der Waals surface area contributed by atoms with E-state index in [0.29, 0.717) is 18.8 Å². The van der Waals surface area contributed by atoms with Crippen molar-refractivity contribution in [3.63, 3.8) is 0 Å². The number of nitrogens with two attached hydrogens (primary N) is 1. The van der Waals surface area contributed by atoms with Crippen LogP contribution in [0.2, 0.25) is 0 Å². The molecule has 1 aromatic carbocycles. The lowest BCUT2D eigenvalue weighted by atomic mass is 9.93. The molecular weight excluding hydrogens is 276 g/mol. The molecule has 0 spiro atoms. The van der Waals surface area contributed by atoms with Gasteiger partial charge in [-0.25, -0.2) is 8.42 Å². The predicted octanol–water partition coefficient (Wildman–Crippen LogP) is 1.44. The van der Waals surface area contributed by atoms with E-state index in [0.717, 1.165) is 12.8 Å². The second kappa shape index (κ2) is 6.11. The van der Waals surface area contributed by atoms with Gasteiger partial charge in [-0.15, -0.1) is 0 Å². The van der Waals surface area contributed by atoms with Crippen molar-refractivity contribution < 1.29 is 13.2 Å². The quantitative estimate of drug-likeness (QED) is 0.913. The molecule has 6 heteroatoms. The number of methoxy groups -OCH3 is 1. The molecule has 1 heterocycles. The average Bonchev–Trinajstić information content (AvgIpc) is 2.47. The topological polar surface area (TPSA) is 72.6 Å². The van der Waals surface area contributed by atoms with Gasteiger partial charge in [0.25, 0.3) is 0 Å². The third kappa shape index (κ3) is 2.82. The molecular formula is C14H22N2O3S. The molecule has 2 atom stereocenters. The van der Waals surface area contributed by atoms with Gasteiger partial charge in [-0.2, -0.15) is 4.31 Å². The summed E-state index contributed by atoms with van der Waals surface area (Å²) < 4.78 is 32.2. The van der Waals surface area contributed by atoms with Crippen LogP contribution < -0.4 is 10.5 Å². The Balaban J connectivity index is 2.37. The van der Waals surface area contributed by atoms with Crippen molar-refractivity contribution in [3.05, 3.63) is 24.3 Å². The second-order valence-corrected chi connectivity index (χ2v) is 7.11. The van der Waals surface area contributed by atoms with E-state index in [1.807, 2.05) is 0 Å². The van der Waals surface area contributed by atoms with Gasteiger partial charge in [0.05, 0.1) is 12.0 Å². The molecule has 1 aliphatic heterocycles. The van der Waals surface area contributed by atoms with Gasteiger partial charge < -0.3 is 10.5 Å². The third-order valence-corrected chi connectivity index (χ3v) is 5.87. The molecule has 5 nitrogen and oxygen atoms in total. The summed E-state index contributed by atoms with van der Waals surface area (Å²) in [6, 6.07) is 6.46. The van der Waals surface area contributed by atoms with E-state index in [1.54, 1.807) is 28.6 Å². The Hall–Kier alpha value is -1.11. The van der Waals surface area contributed by atoms with Crippen molar-refractivity contribution in [2.45, 2.75) is 30.7 Å². The lowest BCUT2D eigenvalue weighted by Gasteiger charge is -2.38. The minimum absolute atomic E-state index is 0.125. The number of hydrogen-bond donors (Lipinski definition) is 1. The van der Waals surface area contributed by atoms with Crippen molar-refractivity contribution in [2.24, 2.45) is 11.7 Å². The van der Waals surface area contributed by atoms with E-state index in [4.69, 9.17) is 10.5 Å². The lowest BCUT2D eigenvalue weighted by molar-refractivity contribution is 0.192. The largest absolute Gasteiger partial charge is 0.497 e. The van der Waals surface area contributed by atoms with Crippen molar-refractivity contribution in [1.82, 2.24) is 4.31 Å². The maximum atomic E-state index is 12.8. The molecule has 0 bridgehead atoms. The van der Waals surface area contributed by atoms with Crippen molar-refractivity contribution in [2.75, 3.05) is 20.2 Å². The lowest BCUT2D eigenvalue weighted by Crippen LogP contribution is -2.51. The average molecular weight is 298 g/mol. The predicted molar refractivity (Wildman–Crippen MR) is 78.1 cm³/mol. The van der Waals surface area contributed by atoms with E-state index in [2.05, 4.69) is 6.92 Å². The molecule has 1 saturated heterocycles. The van der Waals surface area contributed by atoms with Gasteiger partial charge in [-0.1, -0.05) is 13.0 Å².